The van der Waals surface area contributed by atoms with Crippen molar-refractivity contribution in [1.29, 1.82) is 0 Å². The molecule has 2 atom stereocenters. The van der Waals surface area contributed by atoms with Gasteiger partial charge in [-0.05, 0) is 46.5 Å². The molecular formula is C18H26N4O5. The zero-order valence-electron chi connectivity index (χ0n) is 15.8. The molecule has 2 saturated heterocycles. The number of carbonyl (C=O) groups excluding carboxylic acids is 2. The number of hydrogen-bond acceptors (Lipinski definition) is 6. The molecule has 27 heavy (non-hydrogen) atoms. The fourth-order valence-corrected chi connectivity index (χ4v) is 4.05. The van der Waals surface area contributed by atoms with Gasteiger partial charge in [-0.1, -0.05) is 5.16 Å². The summed E-state index contributed by atoms with van der Waals surface area (Å²) in [5.74, 6) is 0.980. The zero-order valence-corrected chi connectivity index (χ0v) is 15.8. The maximum absolute atomic E-state index is 12.1. The molecule has 9 heteroatoms. The molecule has 3 fully saturated rings. The Bertz CT molecular complexity index is 736. The first-order valence-electron chi connectivity index (χ1n) is 9.46. The van der Waals surface area contributed by atoms with Gasteiger partial charge in [-0.3, -0.25) is 5.21 Å². The average molecular weight is 378 g/mol. The van der Waals surface area contributed by atoms with Crippen LogP contribution in [-0.4, -0.2) is 56.7 Å². The minimum absolute atomic E-state index is 0.0666. The van der Waals surface area contributed by atoms with E-state index in [0.29, 0.717) is 6.54 Å². The maximum Gasteiger partial charge on any atom is 0.407 e. The molecule has 0 radical (unpaired) electrons. The number of ether oxygens (including phenoxy) is 1. The number of hydrogen-bond donors (Lipinski definition) is 2. The number of rotatable bonds is 3. The first-order valence-corrected chi connectivity index (χ1v) is 9.46. The third-order valence-corrected chi connectivity index (χ3v) is 5.49. The van der Waals surface area contributed by atoms with Crippen LogP contribution in [0.1, 0.15) is 69.9 Å². The van der Waals surface area contributed by atoms with Crippen LogP contribution in [0.4, 0.5) is 9.59 Å². The molecule has 4 rings (SSSR count). The highest BCUT2D eigenvalue weighted by Crippen LogP contribution is 2.41. The Balaban J connectivity index is 1.32. The van der Waals surface area contributed by atoms with Gasteiger partial charge in [-0.15, -0.1) is 0 Å². The molecule has 3 heterocycles. The second kappa shape index (κ2) is 6.40. The number of carbonyl (C=O) groups is 2. The summed E-state index contributed by atoms with van der Waals surface area (Å²) in [5, 5.41) is 17.7. The first-order chi connectivity index (χ1) is 12.7. The van der Waals surface area contributed by atoms with Crippen LogP contribution in [0.2, 0.25) is 0 Å². The lowest BCUT2D eigenvalue weighted by Crippen LogP contribution is -2.45. The largest absolute Gasteiger partial charge is 0.444 e. The lowest BCUT2D eigenvalue weighted by molar-refractivity contribution is -0.0584. The van der Waals surface area contributed by atoms with Crippen molar-refractivity contribution in [2.24, 2.45) is 0 Å². The van der Waals surface area contributed by atoms with Gasteiger partial charge in [-0.2, -0.15) is 0 Å². The van der Waals surface area contributed by atoms with E-state index < -0.39 is 11.7 Å². The molecule has 148 valence electrons. The van der Waals surface area contributed by atoms with Crippen LogP contribution in [-0.2, 0) is 4.74 Å². The van der Waals surface area contributed by atoms with E-state index in [-0.39, 0.29) is 30.1 Å². The standard InChI is InChI=1S/C18H26N4O5/c1-18(2,3)26-16(23)19-11-6-10(7-11)15-8-13(20-27-15)14-5-4-12-9-21(14)17(24)22(12)25/h8,10-12,14,25H,4-7,9H2,1-3H3,(H,19,23)/t10?,11?,12-,14+/m1/s1. The Kier molecular flexibility index (Phi) is 4.29. The molecule has 2 N–H and O–H groups in total. The number of hydroxylamine groups is 2. The molecular weight excluding hydrogens is 352 g/mol. The highest BCUT2D eigenvalue weighted by Gasteiger charge is 2.46. The lowest BCUT2D eigenvalue weighted by Gasteiger charge is -2.34. The maximum atomic E-state index is 12.1. The molecule has 9 nitrogen and oxygen atoms in total. The van der Waals surface area contributed by atoms with Crippen molar-refractivity contribution in [3.05, 3.63) is 17.5 Å². The predicted octanol–water partition coefficient (Wildman–Crippen LogP) is 2.78. The van der Waals surface area contributed by atoms with Crippen molar-refractivity contribution in [2.45, 2.75) is 76.1 Å². The number of nitrogens with zero attached hydrogens (tertiary/aromatic N) is 3. The summed E-state index contributed by atoms with van der Waals surface area (Å²) >= 11 is 0. The third kappa shape index (κ3) is 3.47. The minimum Gasteiger partial charge on any atom is -0.444 e. The molecule has 3 amide bonds. The summed E-state index contributed by atoms with van der Waals surface area (Å²) in [6.07, 6.45) is 2.65. The molecule has 1 aliphatic carbocycles. The monoisotopic (exact) mass is 378 g/mol. The summed E-state index contributed by atoms with van der Waals surface area (Å²) in [4.78, 5) is 25.6. The van der Waals surface area contributed by atoms with Crippen molar-refractivity contribution < 1.29 is 24.1 Å². The van der Waals surface area contributed by atoms with E-state index in [0.717, 1.165) is 42.2 Å². The number of piperidine rings is 1. The van der Waals surface area contributed by atoms with E-state index in [1.165, 1.54) is 0 Å². The highest BCUT2D eigenvalue weighted by atomic mass is 16.6. The van der Waals surface area contributed by atoms with E-state index in [1.807, 2.05) is 26.8 Å². The molecule has 1 aromatic heterocycles. The van der Waals surface area contributed by atoms with E-state index in [1.54, 1.807) is 4.90 Å². The van der Waals surface area contributed by atoms with Gasteiger partial charge in [0.25, 0.3) is 0 Å². The molecule has 2 bridgehead atoms. The average Bonchev–Trinajstić information content (AvgIpc) is 3.10. The van der Waals surface area contributed by atoms with Gasteiger partial charge in [0.2, 0.25) is 0 Å². The summed E-state index contributed by atoms with van der Waals surface area (Å²) < 4.78 is 10.8. The number of fused-ring (bicyclic) bond motifs is 2. The first kappa shape index (κ1) is 18.1. The van der Waals surface area contributed by atoms with Crippen molar-refractivity contribution in [1.82, 2.24) is 20.4 Å². The van der Waals surface area contributed by atoms with E-state index >= 15 is 0 Å². The fraction of sp³-hybridized carbons (Fsp3) is 0.722. The number of urea groups is 1. The fourth-order valence-electron chi connectivity index (χ4n) is 4.05. The van der Waals surface area contributed by atoms with E-state index in [9.17, 15) is 14.8 Å². The van der Waals surface area contributed by atoms with Crippen LogP contribution >= 0.6 is 0 Å². The van der Waals surface area contributed by atoms with Crippen molar-refractivity contribution in [3.8, 4) is 0 Å². The topological polar surface area (TPSA) is 108 Å². The third-order valence-electron chi connectivity index (χ3n) is 5.49. The Morgan fingerprint density at radius 2 is 2.11 bits per heavy atom. The number of amides is 3. The SMILES string of the molecule is CC(C)(C)OC(=O)NC1CC(c2cc([C@@H]3CC[C@@H]4CN3C(=O)N4O)no2)C1. The zero-order chi connectivity index (χ0) is 19.3. The number of nitrogens with one attached hydrogen (secondary N) is 1. The molecule has 1 aromatic rings. The molecule has 2 aliphatic heterocycles. The normalized spacial score (nSPS) is 30.3. The van der Waals surface area contributed by atoms with Gasteiger partial charge >= 0.3 is 12.1 Å². The Morgan fingerprint density at radius 1 is 1.37 bits per heavy atom. The summed E-state index contributed by atoms with van der Waals surface area (Å²) in [6.45, 7) is 6.02. The summed E-state index contributed by atoms with van der Waals surface area (Å²) in [5.41, 5.74) is 0.221. The van der Waals surface area contributed by atoms with Gasteiger partial charge in [0.1, 0.15) is 17.1 Å². The molecule has 1 saturated carbocycles. The Labute approximate surface area is 157 Å². The van der Waals surface area contributed by atoms with Crippen LogP contribution in [0.25, 0.3) is 0 Å². The number of alkyl carbamates (subject to hydrolysis) is 1. The summed E-state index contributed by atoms with van der Waals surface area (Å²) in [7, 11) is 0. The lowest BCUT2D eigenvalue weighted by atomic mass is 9.78. The molecule has 0 unspecified atom stereocenters. The molecule has 3 aliphatic rings. The van der Waals surface area contributed by atoms with Crippen LogP contribution in [0.15, 0.2) is 10.6 Å². The van der Waals surface area contributed by atoms with Crippen LogP contribution in [0.5, 0.6) is 0 Å². The Morgan fingerprint density at radius 3 is 2.81 bits per heavy atom. The van der Waals surface area contributed by atoms with Crippen molar-refractivity contribution in [2.75, 3.05) is 6.54 Å². The smallest absolute Gasteiger partial charge is 0.407 e. The Hall–Kier alpha value is -2.29. The summed E-state index contributed by atoms with van der Waals surface area (Å²) in [6, 6.07) is 1.34. The van der Waals surface area contributed by atoms with E-state index in [4.69, 9.17) is 9.26 Å². The molecule has 0 aromatic carbocycles. The van der Waals surface area contributed by atoms with Crippen molar-refractivity contribution >= 4 is 12.1 Å². The minimum atomic E-state index is -0.511. The van der Waals surface area contributed by atoms with Crippen LogP contribution < -0.4 is 5.32 Å². The predicted molar refractivity (Wildman–Crippen MR) is 93.1 cm³/mol. The number of aromatic nitrogens is 1. The van der Waals surface area contributed by atoms with Crippen LogP contribution in [0.3, 0.4) is 0 Å². The highest BCUT2D eigenvalue weighted by molar-refractivity contribution is 5.76. The van der Waals surface area contributed by atoms with Gasteiger partial charge in [0.05, 0.1) is 12.1 Å². The van der Waals surface area contributed by atoms with Gasteiger partial charge in [-0.25, -0.2) is 14.7 Å². The van der Waals surface area contributed by atoms with Gasteiger partial charge in [0.15, 0.2) is 0 Å². The van der Waals surface area contributed by atoms with Gasteiger partial charge in [0, 0.05) is 24.6 Å². The molecule has 0 spiro atoms. The van der Waals surface area contributed by atoms with Crippen molar-refractivity contribution in [3.63, 3.8) is 0 Å². The van der Waals surface area contributed by atoms with E-state index in [2.05, 4.69) is 10.5 Å². The quantitative estimate of drug-likeness (QED) is 0.783. The van der Waals surface area contributed by atoms with Gasteiger partial charge < -0.3 is 19.5 Å². The second-order valence-electron chi connectivity index (χ2n) is 8.69. The second-order valence-corrected chi connectivity index (χ2v) is 8.69. The van der Waals surface area contributed by atoms with Crippen LogP contribution in [0, 0.1) is 0 Å².